The van der Waals surface area contributed by atoms with E-state index in [0.29, 0.717) is 5.92 Å². The van der Waals surface area contributed by atoms with E-state index in [0.717, 1.165) is 36.6 Å². The molecule has 1 aliphatic heterocycles. The first-order chi connectivity index (χ1) is 17.7. The molecule has 0 atom stereocenters. The Hall–Kier alpha value is -3.25. The Labute approximate surface area is 214 Å². The van der Waals surface area contributed by atoms with E-state index < -0.39 is 0 Å². The number of rotatable bonds is 11. The minimum Gasteiger partial charge on any atom is -0.494 e. The van der Waals surface area contributed by atoms with Gasteiger partial charge in [0.2, 0.25) is 0 Å². The number of nitrogens with zero attached hydrogens (tertiary/aromatic N) is 3. The van der Waals surface area contributed by atoms with Crippen molar-refractivity contribution in [1.82, 2.24) is 19.7 Å². The zero-order valence-electron chi connectivity index (χ0n) is 21.6. The van der Waals surface area contributed by atoms with E-state index in [2.05, 4.69) is 52.5 Å². The Kier molecular flexibility index (Phi) is 7.91. The molecule has 190 valence electrons. The molecule has 1 saturated heterocycles. The highest BCUT2D eigenvalue weighted by Gasteiger charge is 2.22. The number of aromatic amines is 1. The summed E-state index contributed by atoms with van der Waals surface area (Å²) in [6.45, 7) is 6.44. The number of fused-ring (bicyclic) bond motifs is 1. The number of likely N-dealkylation sites (tertiary alicyclic amines) is 1. The lowest BCUT2D eigenvalue weighted by Gasteiger charge is -2.32. The second-order valence-electron chi connectivity index (χ2n) is 9.84. The first-order valence-electron chi connectivity index (χ1n) is 13.4. The highest BCUT2D eigenvalue weighted by molar-refractivity contribution is 5.85. The van der Waals surface area contributed by atoms with Crippen LogP contribution in [0.3, 0.4) is 0 Å². The lowest BCUT2D eigenvalue weighted by atomic mass is 9.89. The molecule has 0 amide bonds. The molecule has 6 heteroatoms. The number of H-pyrrole nitrogens is 1. The third-order valence-corrected chi connectivity index (χ3v) is 7.34. The molecule has 0 aliphatic carbocycles. The molecule has 6 nitrogen and oxygen atoms in total. The van der Waals surface area contributed by atoms with E-state index in [9.17, 15) is 0 Å². The second kappa shape index (κ2) is 11.7. The van der Waals surface area contributed by atoms with Crippen LogP contribution in [0.4, 0.5) is 0 Å². The number of nitrogens with one attached hydrogen (secondary N) is 1. The van der Waals surface area contributed by atoms with Gasteiger partial charge in [0, 0.05) is 23.3 Å². The zero-order chi connectivity index (χ0) is 24.7. The number of unbranched alkanes of at least 4 members (excludes halogenated alkanes) is 1. The summed E-state index contributed by atoms with van der Waals surface area (Å²) >= 11 is 0. The SMILES string of the molecule is CCCOc1ccc2[nH]cc(C3CCN(CCCCc4cnn(-c5ccccc5OC)c4)CC3)c2c1. The van der Waals surface area contributed by atoms with Crippen LogP contribution in [0, 0.1) is 0 Å². The van der Waals surface area contributed by atoms with E-state index in [1.165, 1.54) is 67.3 Å². The topological polar surface area (TPSA) is 55.3 Å². The Morgan fingerprint density at radius 3 is 2.78 bits per heavy atom. The van der Waals surface area contributed by atoms with Crippen LogP contribution in [0.25, 0.3) is 16.6 Å². The van der Waals surface area contributed by atoms with E-state index in [1.807, 2.05) is 35.1 Å². The number of piperidine rings is 1. The van der Waals surface area contributed by atoms with Crippen molar-refractivity contribution >= 4 is 10.9 Å². The molecule has 0 bridgehead atoms. The monoisotopic (exact) mass is 486 g/mol. The zero-order valence-corrected chi connectivity index (χ0v) is 21.6. The van der Waals surface area contributed by atoms with Crippen molar-refractivity contribution in [2.24, 2.45) is 0 Å². The van der Waals surface area contributed by atoms with Crippen LogP contribution in [0.15, 0.2) is 61.1 Å². The predicted molar refractivity (Wildman–Crippen MR) is 146 cm³/mol. The minimum atomic E-state index is 0.622. The third-order valence-electron chi connectivity index (χ3n) is 7.34. The summed E-state index contributed by atoms with van der Waals surface area (Å²) in [6.07, 6.45) is 13.3. The Bertz CT molecular complexity index is 1250. The maximum Gasteiger partial charge on any atom is 0.144 e. The summed E-state index contributed by atoms with van der Waals surface area (Å²) in [5.41, 5.74) is 4.93. The van der Waals surface area contributed by atoms with Crippen molar-refractivity contribution in [2.75, 3.05) is 33.4 Å². The molecule has 0 unspecified atom stereocenters. The molecule has 4 aromatic rings. The smallest absolute Gasteiger partial charge is 0.144 e. The van der Waals surface area contributed by atoms with Gasteiger partial charge >= 0.3 is 0 Å². The Morgan fingerprint density at radius 1 is 1.08 bits per heavy atom. The number of para-hydroxylation sites is 2. The number of aromatic nitrogens is 3. The minimum absolute atomic E-state index is 0.622. The molecule has 1 aliphatic rings. The van der Waals surface area contributed by atoms with Gasteiger partial charge in [-0.1, -0.05) is 19.1 Å². The molecule has 2 aromatic heterocycles. The summed E-state index contributed by atoms with van der Waals surface area (Å²) in [4.78, 5) is 6.11. The van der Waals surface area contributed by atoms with E-state index in [1.54, 1.807) is 7.11 Å². The van der Waals surface area contributed by atoms with Crippen molar-refractivity contribution in [3.8, 4) is 17.2 Å². The van der Waals surface area contributed by atoms with Crippen molar-refractivity contribution in [2.45, 2.75) is 51.4 Å². The lowest BCUT2D eigenvalue weighted by Crippen LogP contribution is -2.33. The number of benzene rings is 2. The Balaban J connectivity index is 1.08. The number of methoxy groups -OCH3 is 1. The van der Waals surface area contributed by atoms with E-state index in [-0.39, 0.29) is 0 Å². The van der Waals surface area contributed by atoms with Crippen LogP contribution in [-0.2, 0) is 6.42 Å². The van der Waals surface area contributed by atoms with Crippen molar-refractivity contribution in [1.29, 1.82) is 0 Å². The molecule has 1 fully saturated rings. The highest BCUT2D eigenvalue weighted by Crippen LogP contribution is 2.35. The normalized spacial score (nSPS) is 14.9. The van der Waals surface area contributed by atoms with E-state index in [4.69, 9.17) is 9.47 Å². The van der Waals surface area contributed by atoms with Gasteiger partial charge < -0.3 is 19.4 Å². The fraction of sp³-hybridized carbons (Fsp3) is 0.433. The molecule has 36 heavy (non-hydrogen) atoms. The van der Waals surface area contributed by atoms with Gasteiger partial charge in [-0.15, -0.1) is 0 Å². The molecule has 0 saturated carbocycles. The van der Waals surface area contributed by atoms with Crippen LogP contribution in [0.5, 0.6) is 11.5 Å². The molecule has 3 heterocycles. The van der Waals surface area contributed by atoms with E-state index >= 15 is 0 Å². The molecule has 1 N–H and O–H groups in total. The second-order valence-corrected chi connectivity index (χ2v) is 9.84. The molecule has 0 radical (unpaired) electrons. The quantitative estimate of drug-likeness (QED) is 0.251. The van der Waals surface area contributed by atoms with Crippen LogP contribution < -0.4 is 9.47 Å². The number of aryl methyl sites for hydroxylation is 1. The molecular weight excluding hydrogens is 448 g/mol. The molecular formula is C30H38N4O2. The maximum absolute atomic E-state index is 5.88. The van der Waals surface area contributed by atoms with Gasteiger partial charge in [0.15, 0.2) is 0 Å². The Morgan fingerprint density at radius 2 is 1.94 bits per heavy atom. The summed E-state index contributed by atoms with van der Waals surface area (Å²) in [6, 6.07) is 14.4. The summed E-state index contributed by atoms with van der Waals surface area (Å²) < 4.78 is 13.3. The molecule has 0 spiro atoms. The van der Waals surface area contributed by atoms with Crippen molar-refractivity contribution in [3.05, 3.63) is 72.2 Å². The third kappa shape index (κ3) is 5.59. The van der Waals surface area contributed by atoms with Gasteiger partial charge in [-0.3, -0.25) is 0 Å². The summed E-state index contributed by atoms with van der Waals surface area (Å²) in [5, 5.41) is 5.88. The summed E-state index contributed by atoms with van der Waals surface area (Å²) in [5.74, 6) is 2.45. The first kappa shape index (κ1) is 24.4. The van der Waals surface area contributed by atoms with Gasteiger partial charge in [0.25, 0.3) is 0 Å². The van der Waals surface area contributed by atoms with Gasteiger partial charge in [-0.2, -0.15) is 5.10 Å². The maximum atomic E-state index is 5.88. The predicted octanol–water partition coefficient (Wildman–Crippen LogP) is 6.35. The fourth-order valence-electron chi connectivity index (χ4n) is 5.34. The number of hydrogen-bond donors (Lipinski definition) is 1. The first-order valence-corrected chi connectivity index (χ1v) is 13.4. The standard InChI is InChI=1S/C30H38N4O2/c1-3-18-36-25-11-12-28-26(19-25)27(21-31-28)24-13-16-33(17-14-24)15-7-6-8-23-20-32-34(22-23)29-9-4-5-10-30(29)35-2/h4-5,9-12,19-22,24,31H,3,6-8,13-18H2,1-2H3. The number of ether oxygens (including phenoxy) is 2. The van der Waals surface area contributed by atoms with Crippen LogP contribution >= 0.6 is 0 Å². The average molecular weight is 487 g/mol. The fourth-order valence-corrected chi connectivity index (χ4v) is 5.34. The van der Waals surface area contributed by atoms with Crippen LogP contribution in [0.2, 0.25) is 0 Å². The van der Waals surface area contributed by atoms with Gasteiger partial charge in [-0.25, -0.2) is 4.68 Å². The largest absolute Gasteiger partial charge is 0.494 e. The van der Waals surface area contributed by atoms with Gasteiger partial charge in [0.1, 0.15) is 17.2 Å². The number of hydrogen-bond acceptors (Lipinski definition) is 4. The molecule has 5 rings (SSSR count). The van der Waals surface area contributed by atoms with Gasteiger partial charge in [-0.05, 0) is 106 Å². The van der Waals surface area contributed by atoms with Crippen LogP contribution in [-0.4, -0.2) is 53.0 Å². The average Bonchev–Trinajstić information content (AvgIpc) is 3.57. The molecule has 2 aromatic carbocycles. The highest BCUT2D eigenvalue weighted by atomic mass is 16.5. The van der Waals surface area contributed by atoms with Crippen molar-refractivity contribution < 1.29 is 9.47 Å². The van der Waals surface area contributed by atoms with Crippen LogP contribution in [0.1, 0.15) is 56.1 Å². The summed E-state index contributed by atoms with van der Waals surface area (Å²) in [7, 11) is 1.70. The van der Waals surface area contributed by atoms with Crippen molar-refractivity contribution in [3.63, 3.8) is 0 Å². The lowest BCUT2D eigenvalue weighted by molar-refractivity contribution is 0.209. The van der Waals surface area contributed by atoms with Gasteiger partial charge in [0.05, 0.1) is 19.9 Å².